The molecule has 2 aromatic carbocycles. The Morgan fingerprint density at radius 1 is 1.13 bits per heavy atom. The number of nitriles is 1. The fourth-order valence-electron chi connectivity index (χ4n) is 2.46. The molecule has 4 heteroatoms. The Morgan fingerprint density at radius 3 is 2.35 bits per heavy atom. The Labute approximate surface area is 147 Å². The summed E-state index contributed by atoms with van der Waals surface area (Å²) in [5.74, 6) is 0.746. The zero-order valence-electron chi connectivity index (χ0n) is 13.5. The van der Waals surface area contributed by atoms with Crippen LogP contribution in [0.25, 0.3) is 0 Å². The van der Waals surface area contributed by atoms with E-state index in [4.69, 9.17) is 27.9 Å². The van der Waals surface area contributed by atoms with E-state index in [0.717, 1.165) is 11.1 Å². The lowest BCUT2D eigenvalue weighted by Gasteiger charge is -2.27. The van der Waals surface area contributed by atoms with E-state index in [0.29, 0.717) is 28.8 Å². The molecule has 0 aliphatic carbocycles. The number of alkyl halides is 1. The van der Waals surface area contributed by atoms with Crippen molar-refractivity contribution >= 4 is 23.2 Å². The molecule has 120 valence electrons. The van der Waals surface area contributed by atoms with Crippen LogP contribution in [0.1, 0.15) is 36.1 Å². The first-order chi connectivity index (χ1) is 10.9. The van der Waals surface area contributed by atoms with Crippen LogP contribution < -0.4 is 4.74 Å². The van der Waals surface area contributed by atoms with E-state index in [2.05, 4.69) is 51.1 Å². The highest BCUT2D eigenvalue weighted by atomic mass is 35.5. The van der Waals surface area contributed by atoms with Crippen molar-refractivity contribution < 1.29 is 4.74 Å². The van der Waals surface area contributed by atoms with Gasteiger partial charge in [-0.3, -0.25) is 0 Å². The lowest BCUT2D eigenvalue weighted by molar-refractivity contribution is 0.341. The summed E-state index contributed by atoms with van der Waals surface area (Å²) in [4.78, 5) is 0. The highest BCUT2D eigenvalue weighted by molar-refractivity contribution is 6.32. The van der Waals surface area contributed by atoms with Crippen LogP contribution >= 0.6 is 23.2 Å². The molecule has 0 spiro atoms. The number of rotatable bonds is 5. The highest BCUT2D eigenvalue weighted by Crippen LogP contribution is 2.38. The quantitative estimate of drug-likeness (QED) is 0.672. The molecule has 0 saturated heterocycles. The van der Waals surface area contributed by atoms with E-state index in [-0.39, 0.29) is 5.41 Å². The maximum absolute atomic E-state index is 9.42. The van der Waals surface area contributed by atoms with E-state index in [1.807, 2.05) is 12.1 Å². The Balaban J connectivity index is 2.49. The maximum atomic E-state index is 9.42. The lowest BCUT2D eigenvalue weighted by Crippen LogP contribution is -2.19. The molecule has 0 N–H and O–H groups in total. The topological polar surface area (TPSA) is 33.0 Å². The van der Waals surface area contributed by atoms with Crippen LogP contribution in [0.3, 0.4) is 0 Å². The van der Waals surface area contributed by atoms with Gasteiger partial charge in [0.1, 0.15) is 12.7 Å². The number of hydrogen-bond acceptors (Lipinski definition) is 2. The van der Waals surface area contributed by atoms with E-state index >= 15 is 0 Å². The molecule has 0 radical (unpaired) electrons. The van der Waals surface area contributed by atoms with Gasteiger partial charge >= 0.3 is 0 Å². The fraction of sp³-hybridized carbons (Fsp3) is 0.316. The van der Waals surface area contributed by atoms with Crippen molar-refractivity contribution in [3.63, 3.8) is 0 Å². The Hall–Kier alpha value is -1.69. The van der Waals surface area contributed by atoms with Crippen molar-refractivity contribution in [2.75, 3.05) is 12.5 Å². The number of nitrogens with zero attached hydrogens (tertiary/aromatic N) is 1. The Bertz CT molecular complexity index is 730. The predicted molar refractivity (Wildman–Crippen MR) is 95.7 cm³/mol. The minimum atomic E-state index is -0.270. The van der Waals surface area contributed by atoms with E-state index in [9.17, 15) is 5.26 Å². The molecule has 0 amide bonds. The first-order valence-corrected chi connectivity index (χ1v) is 8.31. The van der Waals surface area contributed by atoms with Crippen LogP contribution in [-0.2, 0) is 5.41 Å². The molecular formula is C19H19Cl2NO. The average molecular weight is 348 g/mol. The monoisotopic (exact) mass is 347 g/mol. The van der Waals surface area contributed by atoms with Gasteiger partial charge in [-0.15, -0.1) is 11.6 Å². The van der Waals surface area contributed by atoms with E-state index < -0.39 is 0 Å². The number of halogens is 2. The molecule has 0 fully saturated rings. The normalized spacial score (nSPS) is 11.1. The number of ether oxygens (including phenoxy) is 1. The van der Waals surface area contributed by atoms with Crippen molar-refractivity contribution in [2.45, 2.75) is 26.2 Å². The first kappa shape index (κ1) is 17.7. The third-order valence-corrected chi connectivity index (χ3v) is 4.42. The molecule has 0 aliphatic heterocycles. The molecule has 0 aliphatic rings. The van der Waals surface area contributed by atoms with Crippen LogP contribution in [0.2, 0.25) is 5.02 Å². The van der Waals surface area contributed by atoms with Gasteiger partial charge in [-0.05, 0) is 30.2 Å². The van der Waals surface area contributed by atoms with Gasteiger partial charge in [-0.25, -0.2) is 0 Å². The second kappa shape index (κ2) is 7.25. The minimum absolute atomic E-state index is 0.270. The largest absolute Gasteiger partial charge is 0.489 e. The molecule has 2 rings (SSSR count). The van der Waals surface area contributed by atoms with Gasteiger partial charge in [0.05, 0.1) is 16.5 Å². The highest BCUT2D eigenvalue weighted by Gasteiger charge is 2.25. The van der Waals surface area contributed by atoms with Gasteiger partial charge in [0, 0.05) is 5.41 Å². The SMILES string of the molecule is Cc1ccc(C(C)(C)c2cc(Cl)c(OCCCl)c(C#N)c2)cc1. The minimum Gasteiger partial charge on any atom is -0.489 e. The van der Waals surface area contributed by atoms with Gasteiger partial charge in [0.2, 0.25) is 0 Å². The predicted octanol–water partition coefficient (Wildman–Crippen LogP) is 5.46. The van der Waals surface area contributed by atoms with Crippen LogP contribution in [-0.4, -0.2) is 12.5 Å². The second-order valence-corrected chi connectivity index (χ2v) is 6.76. The summed E-state index contributed by atoms with van der Waals surface area (Å²) in [7, 11) is 0. The zero-order chi connectivity index (χ0) is 17.0. The number of benzene rings is 2. The third-order valence-electron chi connectivity index (χ3n) is 3.98. The van der Waals surface area contributed by atoms with Gasteiger partial charge in [-0.1, -0.05) is 55.3 Å². The lowest BCUT2D eigenvalue weighted by atomic mass is 9.77. The molecule has 0 atom stereocenters. The molecule has 23 heavy (non-hydrogen) atoms. The summed E-state index contributed by atoms with van der Waals surface area (Å²) in [6.07, 6.45) is 0. The second-order valence-electron chi connectivity index (χ2n) is 5.98. The summed E-state index contributed by atoms with van der Waals surface area (Å²) in [5.41, 5.74) is 3.51. The first-order valence-electron chi connectivity index (χ1n) is 7.40. The number of hydrogen-bond donors (Lipinski definition) is 0. The Morgan fingerprint density at radius 2 is 1.78 bits per heavy atom. The Kier molecular flexibility index (Phi) is 5.57. The number of aryl methyl sites for hydroxylation is 1. The molecule has 0 bridgehead atoms. The molecule has 2 aromatic rings. The van der Waals surface area contributed by atoms with Crippen molar-refractivity contribution in [1.29, 1.82) is 5.26 Å². The molecule has 0 saturated carbocycles. The average Bonchev–Trinajstić information content (AvgIpc) is 2.53. The summed E-state index contributed by atoms with van der Waals surface area (Å²) in [6, 6.07) is 14.3. The third kappa shape index (κ3) is 3.80. The summed E-state index contributed by atoms with van der Waals surface area (Å²) in [5, 5.41) is 9.85. The van der Waals surface area contributed by atoms with Crippen molar-refractivity contribution in [2.24, 2.45) is 0 Å². The van der Waals surface area contributed by atoms with E-state index in [1.54, 1.807) is 0 Å². The van der Waals surface area contributed by atoms with Gasteiger partial charge in [0.25, 0.3) is 0 Å². The van der Waals surface area contributed by atoms with E-state index in [1.165, 1.54) is 5.56 Å². The summed E-state index contributed by atoms with van der Waals surface area (Å²) >= 11 is 12.0. The van der Waals surface area contributed by atoms with Gasteiger partial charge in [0.15, 0.2) is 5.75 Å². The summed E-state index contributed by atoms with van der Waals surface area (Å²) in [6.45, 7) is 6.61. The van der Waals surface area contributed by atoms with Crippen LogP contribution in [0.15, 0.2) is 36.4 Å². The molecule has 0 unspecified atom stereocenters. The molecule has 0 aromatic heterocycles. The van der Waals surface area contributed by atoms with Gasteiger partial charge < -0.3 is 4.74 Å². The maximum Gasteiger partial charge on any atom is 0.155 e. The van der Waals surface area contributed by atoms with Crippen molar-refractivity contribution in [1.82, 2.24) is 0 Å². The zero-order valence-corrected chi connectivity index (χ0v) is 15.0. The van der Waals surface area contributed by atoms with Crippen LogP contribution in [0.4, 0.5) is 0 Å². The van der Waals surface area contributed by atoms with Gasteiger partial charge in [-0.2, -0.15) is 5.26 Å². The smallest absolute Gasteiger partial charge is 0.155 e. The van der Waals surface area contributed by atoms with Crippen LogP contribution in [0.5, 0.6) is 5.75 Å². The van der Waals surface area contributed by atoms with Crippen LogP contribution in [0, 0.1) is 18.3 Å². The molecule has 0 heterocycles. The molecule has 2 nitrogen and oxygen atoms in total. The standard InChI is InChI=1S/C19H19Cl2NO/c1-13-4-6-15(7-5-13)19(2,3)16-10-14(12-22)18(17(21)11-16)23-9-8-20/h4-7,10-11H,8-9H2,1-3H3. The fourth-order valence-corrected chi connectivity index (χ4v) is 2.81. The van der Waals surface area contributed by atoms with Crippen molar-refractivity contribution in [3.05, 3.63) is 63.7 Å². The van der Waals surface area contributed by atoms with Crippen molar-refractivity contribution in [3.8, 4) is 11.8 Å². The summed E-state index contributed by atoms with van der Waals surface area (Å²) < 4.78 is 5.51. The molecular weight excluding hydrogens is 329 g/mol.